The van der Waals surface area contributed by atoms with Crippen LogP contribution in [-0.2, 0) is 11.3 Å². The average molecular weight is 448 g/mol. The number of fused-ring (bicyclic) bond motifs is 1. The number of aromatic nitrogens is 2. The number of alkyl halides is 3. The lowest BCUT2D eigenvalue weighted by Crippen LogP contribution is -2.21. The maximum atomic E-state index is 11.9. The molecule has 1 aromatic heterocycles. The fourth-order valence-electron chi connectivity index (χ4n) is 2.98. The minimum Gasteiger partial charge on any atom is -0.475 e. The molecule has 4 rings (SSSR count). The average Bonchev–Trinajstić information content (AvgIpc) is 3.15. The molecule has 0 atom stereocenters. The number of halogens is 3. The van der Waals surface area contributed by atoms with E-state index >= 15 is 0 Å². The van der Waals surface area contributed by atoms with Gasteiger partial charge in [-0.2, -0.15) is 18.3 Å². The number of aryl methyl sites for hydroxylation is 1. The van der Waals surface area contributed by atoms with E-state index in [1.807, 2.05) is 59.3 Å². The Bertz CT molecular complexity index is 1100. The number of hydrogen-bond donors (Lipinski definition) is 3. The third kappa shape index (κ3) is 5.36. The summed E-state index contributed by atoms with van der Waals surface area (Å²) in [6.07, 6.45) is -4.11. The number of nitrogens with one attached hydrogen (secondary N) is 1. The highest BCUT2D eigenvalue weighted by molar-refractivity contribution is 6.03. The van der Waals surface area contributed by atoms with Gasteiger partial charge in [0.05, 0.1) is 0 Å². The van der Waals surface area contributed by atoms with Gasteiger partial charge in [-0.3, -0.25) is 4.79 Å². The molecule has 0 bridgehead atoms. The number of nitrogens with two attached hydrogens (primary N) is 1. The molecule has 0 aliphatic carbocycles. The van der Waals surface area contributed by atoms with Crippen molar-refractivity contribution in [2.75, 3.05) is 11.9 Å². The lowest BCUT2D eigenvalue weighted by atomic mass is 10.1. The van der Waals surface area contributed by atoms with Crippen molar-refractivity contribution < 1.29 is 32.6 Å². The molecule has 3 aromatic rings. The van der Waals surface area contributed by atoms with E-state index in [9.17, 15) is 18.0 Å². The molecule has 2 aromatic carbocycles. The lowest BCUT2D eigenvalue weighted by Gasteiger charge is -2.15. The highest BCUT2D eigenvalue weighted by atomic mass is 19.4. The first-order valence-corrected chi connectivity index (χ1v) is 9.44. The van der Waals surface area contributed by atoms with Crippen molar-refractivity contribution in [3.8, 4) is 22.8 Å². The van der Waals surface area contributed by atoms with Crippen molar-refractivity contribution in [2.45, 2.75) is 19.1 Å². The number of anilines is 1. The summed E-state index contributed by atoms with van der Waals surface area (Å²) in [6.45, 7) is 1.59. The molecule has 4 N–H and O–H groups in total. The largest absolute Gasteiger partial charge is 0.490 e. The van der Waals surface area contributed by atoms with E-state index in [-0.39, 0.29) is 0 Å². The monoisotopic (exact) mass is 448 g/mol. The normalized spacial score (nSPS) is 12.6. The van der Waals surface area contributed by atoms with E-state index < -0.39 is 18.1 Å². The summed E-state index contributed by atoms with van der Waals surface area (Å²) < 4.78 is 39.3. The zero-order chi connectivity index (χ0) is 23.3. The maximum absolute atomic E-state index is 11.9. The number of carboxylic acid groups (broad SMARTS) is 1. The topological polar surface area (TPSA) is 119 Å². The summed E-state index contributed by atoms with van der Waals surface area (Å²) >= 11 is 0. The van der Waals surface area contributed by atoms with Gasteiger partial charge in [0.15, 0.2) is 0 Å². The van der Waals surface area contributed by atoms with Crippen LogP contribution >= 0.6 is 0 Å². The highest BCUT2D eigenvalue weighted by Crippen LogP contribution is 2.32. The van der Waals surface area contributed by atoms with E-state index in [0.717, 1.165) is 36.6 Å². The molecule has 1 aliphatic rings. The van der Waals surface area contributed by atoms with Crippen LogP contribution < -0.4 is 15.8 Å². The maximum Gasteiger partial charge on any atom is 0.490 e. The van der Waals surface area contributed by atoms with Crippen LogP contribution in [0, 0.1) is 0 Å². The molecular weight excluding hydrogens is 429 g/mol. The second-order valence-corrected chi connectivity index (χ2v) is 6.68. The van der Waals surface area contributed by atoms with Crippen LogP contribution in [0.25, 0.3) is 11.3 Å². The van der Waals surface area contributed by atoms with Gasteiger partial charge in [-0.25, -0.2) is 9.48 Å². The molecule has 0 fully saturated rings. The van der Waals surface area contributed by atoms with Crippen LogP contribution in [0.1, 0.15) is 16.8 Å². The Labute approximate surface area is 180 Å². The van der Waals surface area contributed by atoms with Crippen LogP contribution in [-0.4, -0.2) is 39.5 Å². The van der Waals surface area contributed by atoms with E-state index in [1.54, 1.807) is 0 Å². The van der Waals surface area contributed by atoms with Crippen molar-refractivity contribution in [1.82, 2.24) is 9.78 Å². The first-order chi connectivity index (χ1) is 15.2. The van der Waals surface area contributed by atoms with Gasteiger partial charge in [-0.15, -0.1) is 0 Å². The van der Waals surface area contributed by atoms with Crippen LogP contribution in [0.5, 0.6) is 11.5 Å². The van der Waals surface area contributed by atoms with Crippen molar-refractivity contribution in [1.29, 1.82) is 0 Å². The number of carboxylic acids is 1. The fraction of sp³-hybridized carbons (Fsp3) is 0.190. The van der Waals surface area contributed by atoms with Gasteiger partial charge >= 0.3 is 12.1 Å². The van der Waals surface area contributed by atoms with E-state index in [2.05, 4.69) is 10.4 Å². The summed E-state index contributed by atoms with van der Waals surface area (Å²) in [5, 5.41) is 14.9. The van der Waals surface area contributed by atoms with E-state index in [0.29, 0.717) is 17.1 Å². The molecule has 168 valence electrons. The van der Waals surface area contributed by atoms with Gasteiger partial charge in [0.25, 0.3) is 5.91 Å². The van der Waals surface area contributed by atoms with Crippen LogP contribution in [0.2, 0.25) is 0 Å². The number of carbonyl (C=O) groups is 2. The Morgan fingerprint density at radius 3 is 2.22 bits per heavy atom. The quantitative estimate of drug-likeness (QED) is 0.557. The molecule has 0 unspecified atom stereocenters. The smallest absolute Gasteiger partial charge is 0.475 e. The SMILES string of the molecule is NC(=O)c1c(-c2ccc(Oc3ccccc3)cc2)nn2c1NCCC2.O=C(O)C(F)(F)F. The van der Waals surface area contributed by atoms with Gasteiger partial charge in [-0.05, 0) is 42.8 Å². The summed E-state index contributed by atoms with van der Waals surface area (Å²) in [5.74, 6) is -1.03. The summed E-state index contributed by atoms with van der Waals surface area (Å²) in [6, 6.07) is 17.1. The van der Waals surface area contributed by atoms with Crippen LogP contribution in [0.4, 0.5) is 19.0 Å². The second kappa shape index (κ2) is 9.41. The zero-order valence-electron chi connectivity index (χ0n) is 16.6. The Morgan fingerprint density at radius 2 is 1.66 bits per heavy atom. The standard InChI is InChI=1S/C19H18N4O2.C2HF3O2/c20-18(24)16-17(22-23-12-4-11-21-19(16)23)13-7-9-15(10-8-13)25-14-5-2-1-3-6-14;3-2(4,5)1(6)7/h1-3,5-10,21H,4,11-12H2,(H2,20,24);(H,6,7). The number of rotatable bonds is 4. The summed E-state index contributed by atoms with van der Waals surface area (Å²) in [7, 11) is 0. The summed E-state index contributed by atoms with van der Waals surface area (Å²) in [4.78, 5) is 20.8. The number of benzene rings is 2. The molecule has 0 saturated heterocycles. The molecular formula is C21H19F3N4O4. The number of carbonyl (C=O) groups excluding carboxylic acids is 1. The number of nitrogens with zero attached hydrogens (tertiary/aromatic N) is 2. The molecule has 32 heavy (non-hydrogen) atoms. The highest BCUT2D eigenvalue weighted by Gasteiger charge is 2.38. The zero-order valence-corrected chi connectivity index (χ0v) is 16.6. The first kappa shape index (κ1) is 22.7. The van der Waals surface area contributed by atoms with E-state index in [1.165, 1.54) is 0 Å². The van der Waals surface area contributed by atoms with Crippen molar-refractivity contribution in [3.63, 3.8) is 0 Å². The molecule has 0 spiro atoms. The molecule has 8 nitrogen and oxygen atoms in total. The van der Waals surface area contributed by atoms with Crippen LogP contribution in [0.3, 0.4) is 0 Å². The molecule has 1 aliphatic heterocycles. The molecule has 1 amide bonds. The van der Waals surface area contributed by atoms with Gasteiger partial charge in [0.2, 0.25) is 0 Å². The minimum atomic E-state index is -5.08. The van der Waals surface area contributed by atoms with E-state index in [4.69, 9.17) is 20.4 Å². The Balaban J connectivity index is 0.000000360. The number of aliphatic carboxylic acids is 1. The molecule has 11 heteroatoms. The third-order valence-electron chi connectivity index (χ3n) is 4.39. The van der Waals surface area contributed by atoms with Gasteiger partial charge in [0.1, 0.15) is 28.6 Å². The molecule has 0 saturated carbocycles. The minimum absolute atomic E-state index is 0.441. The third-order valence-corrected chi connectivity index (χ3v) is 4.39. The predicted octanol–water partition coefficient (Wildman–Crippen LogP) is 3.89. The summed E-state index contributed by atoms with van der Waals surface area (Å²) in [5.41, 5.74) is 7.47. The number of para-hydroxylation sites is 1. The Morgan fingerprint density at radius 1 is 1.06 bits per heavy atom. The van der Waals surface area contributed by atoms with Crippen molar-refractivity contribution in [2.24, 2.45) is 5.73 Å². The van der Waals surface area contributed by atoms with Crippen LogP contribution in [0.15, 0.2) is 54.6 Å². The van der Waals surface area contributed by atoms with Gasteiger partial charge in [0, 0.05) is 18.7 Å². The van der Waals surface area contributed by atoms with Crippen molar-refractivity contribution >= 4 is 17.7 Å². The Hall–Kier alpha value is -4.02. The second-order valence-electron chi connectivity index (χ2n) is 6.68. The first-order valence-electron chi connectivity index (χ1n) is 9.44. The fourth-order valence-corrected chi connectivity index (χ4v) is 2.98. The Kier molecular flexibility index (Phi) is 6.67. The lowest BCUT2D eigenvalue weighted by molar-refractivity contribution is -0.192. The predicted molar refractivity (Wildman–Crippen MR) is 109 cm³/mol. The number of ether oxygens (including phenoxy) is 1. The van der Waals surface area contributed by atoms with Gasteiger partial charge < -0.3 is 20.9 Å². The van der Waals surface area contributed by atoms with Crippen molar-refractivity contribution in [3.05, 3.63) is 60.2 Å². The van der Waals surface area contributed by atoms with Gasteiger partial charge in [-0.1, -0.05) is 18.2 Å². The molecule has 0 radical (unpaired) electrons. The number of primary amides is 1. The number of hydrogen-bond acceptors (Lipinski definition) is 5. The number of amides is 1. The molecule has 2 heterocycles.